The van der Waals surface area contributed by atoms with Gasteiger partial charge in [-0.05, 0) is 50.9 Å². The maximum atomic E-state index is 12.4. The molecule has 1 aliphatic rings. The van der Waals surface area contributed by atoms with Crippen molar-refractivity contribution in [2.75, 3.05) is 26.2 Å². The van der Waals surface area contributed by atoms with E-state index in [1.54, 1.807) is 0 Å². The first kappa shape index (κ1) is 14.9. The third-order valence-electron chi connectivity index (χ3n) is 3.65. The van der Waals surface area contributed by atoms with E-state index in [2.05, 4.69) is 11.4 Å². The maximum Gasteiger partial charge on any atom is 0.263 e. The summed E-state index contributed by atoms with van der Waals surface area (Å²) in [5.41, 5.74) is 2.21. The van der Waals surface area contributed by atoms with Crippen LogP contribution in [0, 0.1) is 13.8 Å². The molecule has 1 aliphatic heterocycles. The Morgan fingerprint density at radius 1 is 1.30 bits per heavy atom. The molecule has 1 saturated heterocycles. The number of aryl methyl sites for hydroxylation is 2. The lowest BCUT2D eigenvalue weighted by atomic mass is 10.1. The second-order valence-electron chi connectivity index (χ2n) is 5.46. The summed E-state index contributed by atoms with van der Waals surface area (Å²) in [7, 11) is 0. The highest BCUT2D eigenvalue weighted by atomic mass is 16.5. The number of nitrogens with zero attached hydrogens (tertiary/aromatic N) is 1. The smallest absolute Gasteiger partial charge is 0.263 e. The van der Waals surface area contributed by atoms with Gasteiger partial charge in [0, 0.05) is 19.6 Å². The summed E-state index contributed by atoms with van der Waals surface area (Å²) in [6.07, 6.45) is 0.565. The van der Waals surface area contributed by atoms with Gasteiger partial charge < -0.3 is 15.0 Å². The molecule has 4 heteroatoms. The molecule has 1 unspecified atom stereocenters. The number of amides is 1. The fraction of sp³-hybridized carbons (Fsp3) is 0.562. The fourth-order valence-corrected chi connectivity index (χ4v) is 2.40. The Labute approximate surface area is 121 Å². The first-order valence-electron chi connectivity index (χ1n) is 7.31. The van der Waals surface area contributed by atoms with Crippen molar-refractivity contribution >= 4 is 5.91 Å². The van der Waals surface area contributed by atoms with Crippen molar-refractivity contribution in [2.45, 2.75) is 33.3 Å². The zero-order valence-corrected chi connectivity index (χ0v) is 12.6. The number of nitrogens with one attached hydrogen (secondary N) is 1. The molecule has 2 rings (SSSR count). The van der Waals surface area contributed by atoms with Crippen LogP contribution in [0.4, 0.5) is 0 Å². The van der Waals surface area contributed by atoms with Crippen molar-refractivity contribution in [1.29, 1.82) is 0 Å². The summed E-state index contributed by atoms with van der Waals surface area (Å²) in [4.78, 5) is 14.3. The average Bonchev–Trinajstić information content (AvgIpc) is 2.71. The number of carbonyl (C=O) groups excluding carboxylic acids is 1. The van der Waals surface area contributed by atoms with Crippen molar-refractivity contribution in [3.8, 4) is 5.75 Å². The van der Waals surface area contributed by atoms with Crippen LogP contribution < -0.4 is 10.1 Å². The molecule has 1 heterocycles. The topological polar surface area (TPSA) is 41.6 Å². The molecule has 0 aliphatic carbocycles. The molecule has 1 aromatic rings. The van der Waals surface area contributed by atoms with Crippen LogP contribution in [0.25, 0.3) is 0 Å². The SMILES string of the molecule is Cc1ccc(C)c(OC(C)C(=O)N2CCCNCC2)c1. The zero-order chi connectivity index (χ0) is 14.5. The Morgan fingerprint density at radius 2 is 2.10 bits per heavy atom. The van der Waals surface area contributed by atoms with Crippen LogP contribution >= 0.6 is 0 Å². The molecule has 0 saturated carbocycles. The molecule has 20 heavy (non-hydrogen) atoms. The van der Waals surface area contributed by atoms with Gasteiger partial charge in [0.05, 0.1) is 0 Å². The molecule has 110 valence electrons. The lowest BCUT2D eigenvalue weighted by molar-refractivity contribution is -0.137. The molecule has 0 bridgehead atoms. The molecule has 1 amide bonds. The Hall–Kier alpha value is -1.55. The van der Waals surface area contributed by atoms with Gasteiger partial charge in [-0.3, -0.25) is 4.79 Å². The van der Waals surface area contributed by atoms with Crippen LogP contribution in [0.5, 0.6) is 5.75 Å². The van der Waals surface area contributed by atoms with Crippen LogP contribution in [0.1, 0.15) is 24.5 Å². The maximum absolute atomic E-state index is 12.4. The van der Waals surface area contributed by atoms with Crippen molar-refractivity contribution in [1.82, 2.24) is 10.2 Å². The Balaban J connectivity index is 2.01. The summed E-state index contributed by atoms with van der Waals surface area (Å²) in [5, 5.41) is 3.30. The number of carbonyl (C=O) groups is 1. The van der Waals surface area contributed by atoms with Crippen molar-refractivity contribution < 1.29 is 9.53 Å². The minimum atomic E-state index is -0.436. The summed E-state index contributed by atoms with van der Waals surface area (Å²) in [6.45, 7) is 9.28. The summed E-state index contributed by atoms with van der Waals surface area (Å²) in [5.74, 6) is 0.883. The second kappa shape index (κ2) is 6.75. The number of hydrogen-bond donors (Lipinski definition) is 1. The molecule has 1 fully saturated rings. The van der Waals surface area contributed by atoms with E-state index in [0.29, 0.717) is 0 Å². The molecule has 4 nitrogen and oxygen atoms in total. The molecule has 1 N–H and O–H groups in total. The van der Waals surface area contributed by atoms with E-state index in [-0.39, 0.29) is 5.91 Å². The standard InChI is InChI=1S/C16H24N2O2/c1-12-5-6-13(2)15(11-12)20-14(3)16(19)18-9-4-7-17-8-10-18/h5-6,11,14,17H,4,7-10H2,1-3H3. The van der Waals surface area contributed by atoms with Gasteiger partial charge >= 0.3 is 0 Å². The van der Waals surface area contributed by atoms with Crippen LogP contribution in [0.15, 0.2) is 18.2 Å². The van der Waals surface area contributed by atoms with Gasteiger partial charge in [-0.1, -0.05) is 12.1 Å². The largest absolute Gasteiger partial charge is 0.481 e. The van der Waals surface area contributed by atoms with Crippen LogP contribution in [0.2, 0.25) is 0 Å². The number of rotatable bonds is 3. The summed E-state index contributed by atoms with van der Waals surface area (Å²) < 4.78 is 5.87. The van der Waals surface area contributed by atoms with Gasteiger partial charge in [0.1, 0.15) is 5.75 Å². The average molecular weight is 276 g/mol. The highest BCUT2D eigenvalue weighted by molar-refractivity contribution is 5.81. The summed E-state index contributed by atoms with van der Waals surface area (Å²) >= 11 is 0. The highest BCUT2D eigenvalue weighted by Crippen LogP contribution is 2.21. The minimum Gasteiger partial charge on any atom is -0.481 e. The van der Waals surface area contributed by atoms with Crippen LogP contribution in [-0.2, 0) is 4.79 Å². The van der Waals surface area contributed by atoms with E-state index < -0.39 is 6.10 Å². The fourth-order valence-electron chi connectivity index (χ4n) is 2.40. The van der Waals surface area contributed by atoms with E-state index in [9.17, 15) is 4.79 Å². The molecule has 1 aromatic carbocycles. The summed E-state index contributed by atoms with van der Waals surface area (Å²) in [6, 6.07) is 6.07. The van der Waals surface area contributed by atoms with E-state index in [1.807, 2.05) is 37.8 Å². The van der Waals surface area contributed by atoms with E-state index in [0.717, 1.165) is 49.5 Å². The lowest BCUT2D eigenvalue weighted by Gasteiger charge is -2.24. The molecule has 0 aromatic heterocycles. The predicted octanol–water partition coefficient (Wildman–Crippen LogP) is 1.89. The van der Waals surface area contributed by atoms with Gasteiger partial charge in [0.15, 0.2) is 6.10 Å². The highest BCUT2D eigenvalue weighted by Gasteiger charge is 2.23. The predicted molar refractivity (Wildman–Crippen MR) is 80.1 cm³/mol. The first-order chi connectivity index (χ1) is 9.58. The third-order valence-corrected chi connectivity index (χ3v) is 3.65. The zero-order valence-electron chi connectivity index (χ0n) is 12.6. The molecular formula is C16H24N2O2. The minimum absolute atomic E-state index is 0.0783. The van der Waals surface area contributed by atoms with Crippen LogP contribution in [-0.4, -0.2) is 43.1 Å². The van der Waals surface area contributed by atoms with Crippen LogP contribution in [0.3, 0.4) is 0 Å². The van der Waals surface area contributed by atoms with Gasteiger partial charge in [-0.2, -0.15) is 0 Å². The van der Waals surface area contributed by atoms with Crippen molar-refractivity contribution in [2.24, 2.45) is 0 Å². The Morgan fingerprint density at radius 3 is 2.90 bits per heavy atom. The molecule has 1 atom stereocenters. The van der Waals surface area contributed by atoms with E-state index in [4.69, 9.17) is 4.74 Å². The molecule has 0 spiro atoms. The van der Waals surface area contributed by atoms with Gasteiger partial charge in [0.2, 0.25) is 0 Å². The quantitative estimate of drug-likeness (QED) is 0.916. The first-order valence-corrected chi connectivity index (χ1v) is 7.31. The monoisotopic (exact) mass is 276 g/mol. The Bertz CT molecular complexity index is 466. The Kier molecular flexibility index (Phi) is 5.01. The number of benzene rings is 1. The van der Waals surface area contributed by atoms with E-state index in [1.165, 1.54) is 0 Å². The number of ether oxygens (including phenoxy) is 1. The number of hydrogen-bond acceptors (Lipinski definition) is 3. The third kappa shape index (κ3) is 3.73. The van der Waals surface area contributed by atoms with E-state index >= 15 is 0 Å². The second-order valence-corrected chi connectivity index (χ2v) is 5.46. The van der Waals surface area contributed by atoms with Gasteiger partial charge in [-0.15, -0.1) is 0 Å². The van der Waals surface area contributed by atoms with Gasteiger partial charge in [-0.25, -0.2) is 0 Å². The van der Waals surface area contributed by atoms with Crippen molar-refractivity contribution in [3.63, 3.8) is 0 Å². The normalized spacial score (nSPS) is 17.4. The van der Waals surface area contributed by atoms with Gasteiger partial charge in [0.25, 0.3) is 5.91 Å². The molecular weight excluding hydrogens is 252 g/mol. The molecule has 0 radical (unpaired) electrons. The lowest BCUT2D eigenvalue weighted by Crippen LogP contribution is -2.42. The van der Waals surface area contributed by atoms with Crippen molar-refractivity contribution in [3.05, 3.63) is 29.3 Å².